The largest absolute Gasteiger partial charge is 0.490 e. The van der Waals surface area contributed by atoms with Crippen LogP contribution in [0.5, 0.6) is 5.75 Å². The zero-order valence-electron chi connectivity index (χ0n) is 16.2. The number of carbonyl (C=O) groups excluding carboxylic acids is 1. The first-order valence-electron chi connectivity index (χ1n) is 9.76. The van der Waals surface area contributed by atoms with Crippen molar-refractivity contribution in [3.63, 3.8) is 0 Å². The molecule has 6 heteroatoms. The molecule has 4 N–H and O–H groups in total. The fraction of sp³-hybridized carbons (Fsp3) is 0.524. The number of rotatable bonds is 8. The number of nitrogens with zero attached hydrogens (tertiary/aromatic N) is 1. The summed E-state index contributed by atoms with van der Waals surface area (Å²) in [4.78, 5) is 17.0. The molecule has 3 rings (SSSR count). The molecule has 2 heterocycles. The summed E-state index contributed by atoms with van der Waals surface area (Å²) in [6.45, 7) is 6.15. The van der Waals surface area contributed by atoms with Crippen molar-refractivity contribution < 1.29 is 9.53 Å². The first-order chi connectivity index (χ1) is 13.0. The summed E-state index contributed by atoms with van der Waals surface area (Å²) in [5.41, 5.74) is 6.66. The second-order valence-corrected chi connectivity index (χ2v) is 7.81. The van der Waals surface area contributed by atoms with Crippen molar-refractivity contribution in [3.05, 3.63) is 36.5 Å². The number of carbonyl (C=O) groups is 1. The molecule has 1 aromatic heterocycles. The molecule has 0 radical (unpaired) electrons. The molecule has 0 aliphatic carbocycles. The van der Waals surface area contributed by atoms with Gasteiger partial charge in [0.2, 0.25) is 5.91 Å². The second-order valence-electron chi connectivity index (χ2n) is 7.81. The number of nitrogens with one attached hydrogen (secondary N) is 2. The Hall–Kier alpha value is -2.18. The molecule has 1 aromatic carbocycles. The van der Waals surface area contributed by atoms with Gasteiger partial charge in [0.1, 0.15) is 12.4 Å². The molecule has 1 fully saturated rings. The highest BCUT2D eigenvalue weighted by Gasteiger charge is 2.29. The Morgan fingerprint density at radius 3 is 2.96 bits per heavy atom. The van der Waals surface area contributed by atoms with Crippen molar-refractivity contribution >= 4 is 16.8 Å². The van der Waals surface area contributed by atoms with E-state index in [0.29, 0.717) is 25.0 Å². The van der Waals surface area contributed by atoms with Gasteiger partial charge in [0, 0.05) is 5.39 Å². The number of para-hydroxylation sites is 1. The molecule has 0 saturated carbocycles. The molecule has 0 spiro atoms. The second kappa shape index (κ2) is 9.15. The number of nitrogens with two attached hydrogens (primary N) is 1. The van der Waals surface area contributed by atoms with Gasteiger partial charge in [-0.2, -0.15) is 0 Å². The molecular formula is C21H30N4O2. The van der Waals surface area contributed by atoms with Gasteiger partial charge in [-0.05, 0) is 49.9 Å². The lowest BCUT2D eigenvalue weighted by molar-refractivity contribution is -0.123. The van der Waals surface area contributed by atoms with Gasteiger partial charge in [-0.25, -0.2) is 0 Å². The number of aromatic nitrogens is 1. The van der Waals surface area contributed by atoms with Crippen molar-refractivity contribution in [1.82, 2.24) is 15.6 Å². The highest BCUT2D eigenvalue weighted by Crippen LogP contribution is 2.19. The average Bonchev–Trinajstić information content (AvgIpc) is 3.15. The van der Waals surface area contributed by atoms with Crippen LogP contribution in [0.4, 0.5) is 0 Å². The topological polar surface area (TPSA) is 89.3 Å². The summed E-state index contributed by atoms with van der Waals surface area (Å²) < 4.78 is 5.97. The maximum atomic E-state index is 12.6. The van der Waals surface area contributed by atoms with E-state index in [2.05, 4.69) is 29.5 Å². The van der Waals surface area contributed by atoms with Crippen LogP contribution in [-0.4, -0.2) is 42.7 Å². The molecule has 146 valence electrons. The normalized spacial score (nSPS) is 20.7. The lowest BCUT2D eigenvalue weighted by Gasteiger charge is -2.23. The van der Waals surface area contributed by atoms with Gasteiger partial charge in [-0.1, -0.05) is 32.0 Å². The molecule has 1 amide bonds. The van der Waals surface area contributed by atoms with Gasteiger partial charge in [0.05, 0.1) is 23.8 Å². The number of fused-ring (bicyclic) bond motifs is 1. The summed E-state index contributed by atoms with van der Waals surface area (Å²) in [6.07, 6.45) is 3.40. The minimum absolute atomic E-state index is 0.0387. The van der Waals surface area contributed by atoms with Crippen molar-refractivity contribution in [2.45, 2.75) is 38.8 Å². The number of pyridine rings is 1. The smallest absolute Gasteiger partial charge is 0.237 e. The summed E-state index contributed by atoms with van der Waals surface area (Å²) in [7, 11) is 0. The maximum Gasteiger partial charge on any atom is 0.237 e. The lowest BCUT2D eigenvalue weighted by atomic mass is 10.0. The minimum Gasteiger partial charge on any atom is -0.490 e. The molecular weight excluding hydrogens is 340 g/mol. The van der Waals surface area contributed by atoms with Crippen LogP contribution in [0.1, 0.15) is 26.7 Å². The molecule has 3 atom stereocenters. The SMILES string of the molecule is CC(C)C[C@H](COc1cnc2ccccc2c1)NC(=O)[C@H]1C[C@H](CN)CN1. The maximum absolute atomic E-state index is 12.6. The van der Waals surface area contributed by atoms with Crippen LogP contribution in [0.25, 0.3) is 10.9 Å². The Balaban J connectivity index is 1.59. The molecule has 6 nitrogen and oxygen atoms in total. The van der Waals surface area contributed by atoms with Crippen LogP contribution < -0.4 is 21.1 Å². The average molecular weight is 370 g/mol. The van der Waals surface area contributed by atoms with E-state index < -0.39 is 0 Å². The molecule has 1 aliphatic heterocycles. The minimum atomic E-state index is -0.157. The monoisotopic (exact) mass is 370 g/mol. The van der Waals surface area contributed by atoms with Gasteiger partial charge in [-0.15, -0.1) is 0 Å². The van der Waals surface area contributed by atoms with E-state index in [-0.39, 0.29) is 18.0 Å². The van der Waals surface area contributed by atoms with Crippen molar-refractivity contribution in [2.24, 2.45) is 17.6 Å². The Morgan fingerprint density at radius 2 is 2.22 bits per heavy atom. The highest BCUT2D eigenvalue weighted by molar-refractivity contribution is 5.82. The van der Waals surface area contributed by atoms with Gasteiger partial charge < -0.3 is 21.1 Å². The fourth-order valence-corrected chi connectivity index (χ4v) is 3.55. The fourth-order valence-electron chi connectivity index (χ4n) is 3.55. The summed E-state index contributed by atoms with van der Waals surface area (Å²) in [5.74, 6) is 1.60. The van der Waals surface area contributed by atoms with Crippen LogP contribution in [0.15, 0.2) is 36.5 Å². The predicted octanol–water partition coefficient (Wildman–Crippen LogP) is 2.08. The van der Waals surface area contributed by atoms with Crippen LogP contribution in [0.3, 0.4) is 0 Å². The van der Waals surface area contributed by atoms with E-state index in [4.69, 9.17) is 10.5 Å². The van der Waals surface area contributed by atoms with Crippen LogP contribution in [-0.2, 0) is 4.79 Å². The van der Waals surface area contributed by atoms with E-state index in [1.807, 2.05) is 30.3 Å². The third-order valence-electron chi connectivity index (χ3n) is 4.99. The Kier molecular flexibility index (Phi) is 6.63. The van der Waals surface area contributed by atoms with Gasteiger partial charge in [0.15, 0.2) is 0 Å². The molecule has 0 bridgehead atoms. The van der Waals surface area contributed by atoms with Crippen LogP contribution in [0, 0.1) is 11.8 Å². The first-order valence-corrected chi connectivity index (χ1v) is 9.76. The molecule has 0 unspecified atom stereocenters. The third-order valence-corrected chi connectivity index (χ3v) is 4.99. The highest BCUT2D eigenvalue weighted by atomic mass is 16.5. The van der Waals surface area contributed by atoms with Gasteiger partial charge >= 0.3 is 0 Å². The van der Waals surface area contributed by atoms with E-state index in [1.165, 1.54) is 0 Å². The number of benzene rings is 1. The quantitative estimate of drug-likeness (QED) is 0.662. The Labute approximate surface area is 160 Å². The molecule has 27 heavy (non-hydrogen) atoms. The van der Waals surface area contributed by atoms with Crippen LogP contribution >= 0.6 is 0 Å². The molecule has 2 aromatic rings. The number of amides is 1. The van der Waals surface area contributed by atoms with E-state index in [1.54, 1.807) is 6.20 Å². The lowest BCUT2D eigenvalue weighted by Crippen LogP contribution is -2.47. The third kappa shape index (κ3) is 5.40. The van der Waals surface area contributed by atoms with Crippen molar-refractivity contribution in [2.75, 3.05) is 19.7 Å². The number of ether oxygens (including phenoxy) is 1. The zero-order valence-corrected chi connectivity index (χ0v) is 16.2. The van der Waals surface area contributed by atoms with Crippen LogP contribution in [0.2, 0.25) is 0 Å². The zero-order chi connectivity index (χ0) is 19.2. The number of hydrogen-bond donors (Lipinski definition) is 3. The van der Waals surface area contributed by atoms with E-state index >= 15 is 0 Å². The standard InChI is InChI=1S/C21H30N4O2/c1-14(2)7-17(25-21(26)20-8-15(10-22)11-23-20)13-27-18-9-16-5-3-4-6-19(16)24-12-18/h3-6,9,12,14-15,17,20,23H,7-8,10-11,13,22H2,1-2H3,(H,25,26)/t15-,17-,20-/m1/s1. The summed E-state index contributed by atoms with van der Waals surface area (Å²) in [5, 5.41) is 7.47. The number of hydrogen-bond acceptors (Lipinski definition) is 5. The van der Waals surface area contributed by atoms with E-state index in [0.717, 1.165) is 36.0 Å². The van der Waals surface area contributed by atoms with Crippen molar-refractivity contribution in [1.29, 1.82) is 0 Å². The van der Waals surface area contributed by atoms with Gasteiger partial charge in [0.25, 0.3) is 0 Å². The Morgan fingerprint density at radius 1 is 1.41 bits per heavy atom. The Bertz CT molecular complexity index is 765. The first kappa shape index (κ1) is 19.6. The predicted molar refractivity (Wildman–Crippen MR) is 108 cm³/mol. The van der Waals surface area contributed by atoms with Gasteiger partial charge in [-0.3, -0.25) is 9.78 Å². The molecule has 1 saturated heterocycles. The van der Waals surface area contributed by atoms with Crippen molar-refractivity contribution in [3.8, 4) is 5.75 Å². The molecule has 1 aliphatic rings. The summed E-state index contributed by atoms with van der Waals surface area (Å²) in [6, 6.07) is 9.74. The van der Waals surface area contributed by atoms with E-state index in [9.17, 15) is 4.79 Å². The summed E-state index contributed by atoms with van der Waals surface area (Å²) >= 11 is 0.